The molecule has 0 unspecified atom stereocenters. The maximum Gasteiger partial charge on any atom is 0.268 e. The molecule has 1 heterocycles. The van der Waals surface area contributed by atoms with E-state index in [1.165, 1.54) is 0 Å². The van der Waals surface area contributed by atoms with Crippen molar-refractivity contribution < 1.29 is 13.2 Å². The van der Waals surface area contributed by atoms with Gasteiger partial charge in [0.2, 0.25) is 5.95 Å². The summed E-state index contributed by atoms with van der Waals surface area (Å²) in [4.78, 5) is 2.99. The summed E-state index contributed by atoms with van der Waals surface area (Å²) in [5, 5.41) is -0.174. The van der Waals surface area contributed by atoms with Gasteiger partial charge in [-0.25, -0.2) is 13.8 Å². The fourth-order valence-corrected chi connectivity index (χ4v) is 0.807. The molecule has 2 nitrogen and oxygen atoms in total. The summed E-state index contributed by atoms with van der Waals surface area (Å²) in [7, 11) is 0. The summed E-state index contributed by atoms with van der Waals surface area (Å²) in [5.74, 6) is -1.58. The summed E-state index contributed by atoms with van der Waals surface area (Å²) >= 11 is 5.34. The molecule has 6 heteroatoms. The number of nitrogens with zero attached hydrogens (tertiary/aromatic N) is 1. The first-order chi connectivity index (χ1) is 5.52. The molecule has 0 aliphatic carbocycles. The van der Waals surface area contributed by atoms with E-state index in [0.29, 0.717) is 0 Å². The van der Waals surface area contributed by atoms with Crippen LogP contribution in [0, 0.1) is 5.95 Å². The lowest BCUT2D eigenvalue weighted by atomic mass is 10.3. The Labute approximate surface area is 71.2 Å². The number of aromatic nitrogens is 1. The van der Waals surface area contributed by atoms with E-state index >= 15 is 0 Å². The molecule has 0 amide bonds. The molecule has 0 spiro atoms. The van der Waals surface area contributed by atoms with Crippen LogP contribution in [0.4, 0.5) is 19.0 Å². The molecular formula is C6H4ClF3N2. The summed E-state index contributed by atoms with van der Waals surface area (Å²) in [6.07, 6.45) is -2.93. The van der Waals surface area contributed by atoms with Gasteiger partial charge in [0.05, 0.1) is 10.6 Å². The molecule has 1 rings (SSSR count). The van der Waals surface area contributed by atoms with Crippen molar-refractivity contribution in [3.8, 4) is 0 Å². The monoisotopic (exact) mass is 196 g/mol. The number of nitrogen functional groups attached to an aromatic ring is 1. The Hall–Kier alpha value is -0.970. The van der Waals surface area contributed by atoms with E-state index in [2.05, 4.69) is 4.98 Å². The smallest absolute Gasteiger partial charge is 0.268 e. The van der Waals surface area contributed by atoms with Gasteiger partial charge < -0.3 is 5.73 Å². The van der Waals surface area contributed by atoms with E-state index in [1.807, 2.05) is 0 Å². The first-order valence-electron chi connectivity index (χ1n) is 2.92. The van der Waals surface area contributed by atoms with Gasteiger partial charge in [0.15, 0.2) is 0 Å². The highest BCUT2D eigenvalue weighted by atomic mass is 35.5. The summed E-state index contributed by atoms with van der Waals surface area (Å²) < 4.78 is 36.5. The van der Waals surface area contributed by atoms with Crippen molar-refractivity contribution in [1.29, 1.82) is 0 Å². The quantitative estimate of drug-likeness (QED) is 0.701. The Bertz CT molecular complexity index is 303. The average molecular weight is 197 g/mol. The molecule has 0 saturated heterocycles. The lowest BCUT2D eigenvalue weighted by Gasteiger charge is -2.02. The second-order valence-electron chi connectivity index (χ2n) is 2.04. The van der Waals surface area contributed by atoms with Gasteiger partial charge in [-0.15, -0.1) is 0 Å². The van der Waals surface area contributed by atoms with E-state index in [0.717, 1.165) is 6.07 Å². The molecule has 0 fully saturated rings. The van der Waals surface area contributed by atoms with Gasteiger partial charge in [-0.3, -0.25) is 0 Å². The summed E-state index contributed by atoms with van der Waals surface area (Å²) in [5.41, 5.74) is 4.22. The number of halogens is 4. The fourth-order valence-electron chi connectivity index (χ4n) is 0.647. The van der Waals surface area contributed by atoms with Gasteiger partial charge in [-0.05, 0) is 6.07 Å². The van der Waals surface area contributed by atoms with Crippen molar-refractivity contribution in [2.75, 3.05) is 5.73 Å². The van der Waals surface area contributed by atoms with Crippen LogP contribution in [0.5, 0.6) is 0 Å². The van der Waals surface area contributed by atoms with E-state index in [1.54, 1.807) is 0 Å². The summed E-state index contributed by atoms with van der Waals surface area (Å²) in [6, 6.07) is 0.768. The van der Waals surface area contributed by atoms with Gasteiger partial charge in [-0.1, -0.05) is 11.6 Å². The number of hydrogen-bond donors (Lipinski definition) is 1. The Morgan fingerprint density at radius 1 is 1.50 bits per heavy atom. The Kier molecular flexibility index (Phi) is 2.42. The van der Waals surface area contributed by atoms with Crippen LogP contribution in [0.2, 0.25) is 5.02 Å². The zero-order valence-corrected chi connectivity index (χ0v) is 6.45. The lowest BCUT2D eigenvalue weighted by molar-refractivity contribution is 0.145. The SMILES string of the molecule is Nc1nc(F)c(C(F)F)cc1Cl. The molecule has 2 N–H and O–H groups in total. The van der Waals surface area contributed by atoms with Crippen LogP contribution >= 0.6 is 11.6 Å². The predicted octanol–water partition coefficient (Wildman–Crippen LogP) is 2.39. The number of nitrogens with two attached hydrogens (primary N) is 1. The third-order valence-corrected chi connectivity index (χ3v) is 1.52. The van der Waals surface area contributed by atoms with Gasteiger partial charge in [0.1, 0.15) is 5.82 Å². The molecule has 0 aromatic carbocycles. The van der Waals surface area contributed by atoms with Crippen molar-refractivity contribution in [3.05, 3.63) is 22.6 Å². The Balaban J connectivity index is 3.23. The van der Waals surface area contributed by atoms with Crippen LogP contribution < -0.4 is 5.73 Å². The molecule has 0 saturated carbocycles. The molecule has 0 radical (unpaired) electrons. The zero-order chi connectivity index (χ0) is 9.30. The van der Waals surface area contributed by atoms with E-state index in [4.69, 9.17) is 17.3 Å². The minimum absolute atomic E-state index is 0.174. The molecule has 12 heavy (non-hydrogen) atoms. The Morgan fingerprint density at radius 2 is 2.08 bits per heavy atom. The largest absolute Gasteiger partial charge is 0.382 e. The molecule has 66 valence electrons. The van der Waals surface area contributed by atoms with Crippen molar-refractivity contribution >= 4 is 17.4 Å². The molecule has 0 aliphatic heterocycles. The maximum atomic E-state index is 12.6. The van der Waals surface area contributed by atoms with Crippen molar-refractivity contribution in [2.24, 2.45) is 0 Å². The third kappa shape index (κ3) is 1.61. The number of alkyl halides is 2. The van der Waals surface area contributed by atoms with Gasteiger partial charge >= 0.3 is 0 Å². The fraction of sp³-hybridized carbons (Fsp3) is 0.167. The van der Waals surface area contributed by atoms with Crippen LogP contribution in [0.3, 0.4) is 0 Å². The minimum Gasteiger partial charge on any atom is -0.382 e. The first-order valence-corrected chi connectivity index (χ1v) is 3.29. The Morgan fingerprint density at radius 3 is 2.58 bits per heavy atom. The van der Waals surface area contributed by atoms with Gasteiger partial charge in [-0.2, -0.15) is 4.39 Å². The minimum atomic E-state index is -2.93. The van der Waals surface area contributed by atoms with E-state index < -0.39 is 17.9 Å². The van der Waals surface area contributed by atoms with Crippen molar-refractivity contribution in [2.45, 2.75) is 6.43 Å². The van der Waals surface area contributed by atoms with Gasteiger partial charge in [0, 0.05) is 0 Å². The third-order valence-electron chi connectivity index (χ3n) is 1.22. The van der Waals surface area contributed by atoms with Crippen LogP contribution in [0.1, 0.15) is 12.0 Å². The standard InChI is InChI=1S/C6H4ClF3N2/c7-3-1-2(4(8)9)5(10)12-6(3)11/h1,4H,(H2,11,12). The highest BCUT2D eigenvalue weighted by Gasteiger charge is 2.16. The normalized spacial score (nSPS) is 10.8. The molecule has 0 bridgehead atoms. The lowest BCUT2D eigenvalue weighted by Crippen LogP contribution is -1.99. The van der Waals surface area contributed by atoms with Crippen molar-refractivity contribution in [3.63, 3.8) is 0 Å². The number of anilines is 1. The second-order valence-corrected chi connectivity index (χ2v) is 2.44. The number of hydrogen-bond acceptors (Lipinski definition) is 2. The molecular weight excluding hydrogens is 193 g/mol. The maximum absolute atomic E-state index is 12.6. The zero-order valence-electron chi connectivity index (χ0n) is 5.69. The molecule has 0 atom stereocenters. The van der Waals surface area contributed by atoms with E-state index in [9.17, 15) is 13.2 Å². The molecule has 1 aromatic heterocycles. The molecule has 1 aromatic rings. The average Bonchev–Trinajstić information content (AvgIpc) is 1.96. The number of pyridine rings is 1. The second kappa shape index (κ2) is 3.18. The highest BCUT2D eigenvalue weighted by molar-refractivity contribution is 6.32. The van der Waals surface area contributed by atoms with Gasteiger partial charge in [0.25, 0.3) is 6.43 Å². The summed E-state index contributed by atoms with van der Waals surface area (Å²) in [6.45, 7) is 0. The topological polar surface area (TPSA) is 38.9 Å². The first kappa shape index (κ1) is 9.12. The van der Waals surface area contributed by atoms with Crippen molar-refractivity contribution in [1.82, 2.24) is 4.98 Å². The predicted molar refractivity (Wildman–Crippen MR) is 38.6 cm³/mol. The van der Waals surface area contributed by atoms with Crippen LogP contribution in [0.15, 0.2) is 6.07 Å². The highest BCUT2D eigenvalue weighted by Crippen LogP contribution is 2.26. The molecule has 0 aliphatic rings. The number of rotatable bonds is 1. The van der Waals surface area contributed by atoms with Crippen LogP contribution in [-0.2, 0) is 0 Å². The van der Waals surface area contributed by atoms with Crippen LogP contribution in [0.25, 0.3) is 0 Å². The van der Waals surface area contributed by atoms with Crippen LogP contribution in [-0.4, -0.2) is 4.98 Å². The van der Waals surface area contributed by atoms with E-state index in [-0.39, 0.29) is 10.8 Å².